The number of amides is 1. The average Bonchev–Trinajstić information content (AvgIpc) is 2.37. The van der Waals surface area contributed by atoms with Crippen molar-refractivity contribution in [3.63, 3.8) is 0 Å². The SMILES string of the molecule is CCC(CC(C)OCCP(=O)([O-])OP(=O)([O-])[O-])C(=O)NC(C)(C)CS(=O)(=O)[O-].[Na+].[Na+].[Na+].[Na+]. The Hall–Kier alpha value is 3.64. The molecule has 168 valence electrons. The van der Waals surface area contributed by atoms with Crippen LogP contribution in [0.15, 0.2) is 0 Å². The minimum Gasteiger partial charge on any atom is -0.790 e. The van der Waals surface area contributed by atoms with Crippen molar-refractivity contribution in [3.05, 3.63) is 0 Å². The third-order valence-corrected chi connectivity index (χ3v) is 7.07. The van der Waals surface area contributed by atoms with Crippen LogP contribution in [0, 0.1) is 5.92 Å². The van der Waals surface area contributed by atoms with Gasteiger partial charge in [-0.15, -0.1) is 0 Å². The van der Waals surface area contributed by atoms with E-state index in [1.165, 1.54) is 13.8 Å². The predicted octanol–water partition coefficient (Wildman–Crippen LogP) is -13.3. The molecule has 0 heterocycles. The van der Waals surface area contributed by atoms with Crippen molar-refractivity contribution >= 4 is 31.4 Å². The first-order valence-electron chi connectivity index (χ1n) is 8.26. The summed E-state index contributed by atoms with van der Waals surface area (Å²) in [5.41, 5.74) is -1.27. The Morgan fingerprint density at radius 3 is 1.94 bits per heavy atom. The smallest absolute Gasteiger partial charge is 0.790 e. The van der Waals surface area contributed by atoms with Crippen LogP contribution in [0.2, 0.25) is 0 Å². The molecule has 12 nitrogen and oxygen atoms in total. The maximum Gasteiger partial charge on any atom is 1.00 e. The fraction of sp³-hybridized carbons (Fsp3) is 0.923. The van der Waals surface area contributed by atoms with E-state index in [-0.39, 0.29) is 125 Å². The van der Waals surface area contributed by atoms with Gasteiger partial charge >= 0.3 is 118 Å². The summed E-state index contributed by atoms with van der Waals surface area (Å²) in [5, 5.41) is 2.49. The third-order valence-electron chi connectivity index (χ3n) is 3.47. The van der Waals surface area contributed by atoms with Crippen LogP contribution in [-0.4, -0.2) is 49.0 Å². The first-order chi connectivity index (χ1) is 12.4. The van der Waals surface area contributed by atoms with Crippen LogP contribution in [-0.2, 0) is 33.1 Å². The molecule has 0 rings (SSSR count). The van der Waals surface area contributed by atoms with Crippen molar-refractivity contribution in [1.82, 2.24) is 5.32 Å². The molecule has 0 aromatic heterocycles. The van der Waals surface area contributed by atoms with Gasteiger partial charge in [0.1, 0.15) is 7.60 Å². The number of nitrogens with one attached hydrogen (secondary N) is 1. The zero-order valence-electron chi connectivity index (χ0n) is 20.0. The Labute approximate surface area is 278 Å². The summed E-state index contributed by atoms with van der Waals surface area (Å²) in [5.74, 6) is -1.89. The second kappa shape index (κ2) is 19.7. The van der Waals surface area contributed by atoms with Crippen molar-refractivity contribution < 1.29 is 169 Å². The van der Waals surface area contributed by atoms with E-state index in [1.54, 1.807) is 13.8 Å². The number of ether oxygens (including phenoxy) is 1. The number of hydrogen-bond acceptors (Lipinski definition) is 11. The fourth-order valence-corrected chi connectivity index (χ4v) is 5.23. The van der Waals surface area contributed by atoms with Crippen molar-refractivity contribution in [2.24, 2.45) is 5.92 Å². The summed E-state index contributed by atoms with van der Waals surface area (Å²) >= 11 is 0. The van der Waals surface area contributed by atoms with E-state index in [1.807, 2.05) is 0 Å². The minimum absolute atomic E-state index is 0. The predicted molar refractivity (Wildman–Crippen MR) is 91.8 cm³/mol. The topological polar surface area (TPSA) is 208 Å². The van der Waals surface area contributed by atoms with Gasteiger partial charge in [-0.05, 0) is 33.6 Å². The standard InChI is InChI=1S/C13H29NO11P2S.4Na/c1-5-11(12(15)14-13(3,4)9-28(21,22)23)8-10(2)24-6-7-26(16,17)25-27(18,19)20;;;;/h10-11H,5-9H2,1-4H3,(H,14,15)(H,16,17)(H2,18,19,20)(H,21,22,23);;;;/q;4*+1/p-4. The van der Waals surface area contributed by atoms with Crippen LogP contribution in [0.3, 0.4) is 0 Å². The largest absolute Gasteiger partial charge is 1.00 e. The summed E-state index contributed by atoms with van der Waals surface area (Å²) in [6.07, 6.45) is -0.955. The molecule has 0 aliphatic heterocycles. The molecule has 0 aliphatic carbocycles. The van der Waals surface area contributed by atoms with E-state index < -0.39 is 67.5 Å². The molecule has 0 saturated heterocycles. The van der Waals surface area contributed by atoms with Gasteiger partial charge in [-0.3, -0.25) is 4.79 Å². The van der Waals surface area contributed by atoms with Gasteiger partial charge in [0.15, 0.2) is 0 Å². The molecule has 0 saturated carbocycles. The van der Waals surface area contributed by atoms with Gasteiger partial charge in [0.2, 0.25) is 5.91 Å². The second-order valence-corrected chi connectivity index (χ2v) is 11.6. The number of hydrogen-bond donors (Lipinski definition) is 1. The molecule has 0 spiro atoms. The Bertz CT molecular complexity index is 735. The number of rotatable bonds is 13. The maximum atomic E-state index is 12.3. The Morgan fingerprint density at radius 1 is 1.09 bits per heavy atom. The van der Waals surface area contributed by atoms with Gasteiger partial charge < -0.3 is 42.7 Å². The van der Waals surface area contributed by atoms with Gasteiger partial charge in [-0.25, -0.2) is 8.42 Å². The monoisotopic (exact) mass is 557 g/mol. The molecule has 0 fully saturated rings. The quantitative estimate of drug-likeness (QED) is 0.128. The maximum absolute atomic E-state index is 12.3. The van der Waals surface area contributed by atoms with Crippen LogP contribution in [0.5, 0.6) is 0 Å². The Morgan fingerprint density at radius 2 is 1.56 bits per heavy atom. The molecule has 3 atom stereocenters. The number of carbonyl (C=O) groups is 1. The molecule has 32 heavy (non-hydrogen) atoms. The number of phosphoric acid groups is 1. The molecule has 0 aromatic rings. The summed E-state index contributed by atoms with van der Waals surface area (Å²) in [7, 11) is -15.1. The van der Waals surface area contributed by atoms with Crippen LogP contribution in [0.4, 0.5) is 0 Å². The molecular weight excluding hydrogens is 532 g/mol. The summed E-state index contributed by atoms with van der Waals surface area (Å²) < 4.78 is 63.0. The molecule has 0 radical (unpaired) electrons. The molecule has 0 aromatic carbocycles. The molecule has 19 heteroatoms. The number of carbonyl (C=O) groups excluding carboxylic acids is 1. The molecule has 0 bridgehead atoms. The zero-order chi connectivity index (χ0) is 22.4. The van der Waals surface area contributed by atoms with Crippen molar-refractivity contribution in [3.8, 4) is 0 Å². The van der Waals surface area contributed by atoms with E-state index in [0.717, 1.165) is 0 Å². The van der Waals surface area contributed by atoms with Gasteiger partial charge in [0.25, 0.3) is 0 Å². The van der Waals surface area contributed by atoms with Crippen LogP contribution < -0.4 is 138 Å². The minimum atomic E-state index is -5.68. The summed E-state index contributed by atoms with van der Waals surface area (Å²) in [6, 6.07) is 0. The molecule has 3 unspecified atom stereocenters. The van der Waals surface area contributed by atoms with E-state index in [9.17, 15) is 41.6 Å². The summed E-state index contributed by atoms with van der Waals surface area (Å²) in [4.78, 5) is 44.3. The van der Waals surface area contributed by atoms with Crippen molar-refractivity contribution in [2.75, 3.05) is 18.5 Å². The zero-order valence-corrected chi connectivity index (χ0v) is 30.6. The summed E-state index contributed by atoms with van der Waals surface area (Å²) in [6.45, 7) is 5.58. The first kappa shape index (κ1) is 45.6. The molecule has 1 amide bonds. The third kappa shape index (κ3) is 25.3. The van der Waals surface area contributed by atoms with Gasteiger partial charge in [0, 0.05) is 17.6 Å². The van der Waals surface area contributed by atoms with E-state index in [0.29, 0.717) is 6.42 Å². The van der Waals surface area contributed by atoms with E-state index in [4.69, 9.17) is 4.74 Å². The van der Waals surface area contributed by atoms with E-state index >= 15 is 0 Å². The van der Waals surface area contributed by atoms with Crippen LogP contribution in [0.25, 0.3) is 0 Å². The van der Waals surface area contributed by atoms with E-state index in [2.05, 4.69) is 9.63 Å². The molecular formula is C13H25NNa4O11P2S. The van der Waals surface area contributed by atoms with Crippen molar-refractivity contribution in [2.45, 2.75) is 52.2 Å². The Balaban J connectivity index is -0.000000607. The average molecular weight is 557 g/mol. The van der Waals surface area contributed by atoms with Gasteiger partial charge in [0.05, 0.1) is 36.4 Å². The van der Waals surface area contributed by atoms with Crippen LogP contribution in [0.1, 0.15) is 40.5 Å². The normalized spacial score (nSPS) is 15.4. The fourth-order valence-electron chi connectivity index (χ4n) is 2.40. The van der Waals surface area contributed by atoms with Gasteiger partial charge in [-0.1, -0.05) is 6.92 Å². The first-order valence-corrected chi connectivity index (χ1v) is 13.0. The van der Waals surface area contributed by atoms with Gasteiger partial charge in [-0.2, -0.15) is 0 Å². The van der Waals surface area contributed by atoms with Crippen LogP contribution >= 0.6 is 15.4 Å². The molecule has 0 aliphatic rings. The van der Waals surface area contributed by atoms with Crippen molar-refractivity contribution in [1.29, 1.82) is 0 Å². The molecule has 1 N–H and O–H groups in total. The Kier molecular flexibility index (Phi) is 28.0. The second-order valence-electron chi connectivity index (χ2n) is 6.96.